The van der Waals surface area contributed by atoms with E-state index in [2.05, 4.69) is 26.8 Å². The quantitative estimate of drug-likeness (QED) is 0.743. The highest BCUT2D eigenvalue weighted by atomic mass is 79.9. The molecule has 1 aromatic rings. The standard InChI is InChI=1S/C13H14BrClN2O4S/c14-9-1-2-10(11(15)6-9)13(19)17-16-12(18)5-8-3-4-22(20,21)7-8/h1-2,6,8H,3-5,7H2,(H,16,18)(H,17,19). The van der Waals surface area contributed by atoms with E-state index >= 15 is 0 Å². The predicted molar refractivity (Wildman–Crippen MR) is 86.1 cm³/mol. The number of hydrogen-bond acceptors (Lipinski definition) is 4. The van der Waals surface area contributed by atoms with Gasteiger partial charge in [0.15, 0.2) is 9.84 Å². The maximum atomic E-state index is 11.9. The highest BCUT2D eigenvalue weighted by Crippen LogP contribution is 2.22. The lowest BCUT2D eigenvalue weighted by atomic mass is 10.1. The Bertz CT molecular complexity index is 708. The number of benzene rings is 1. The summed E-state index contributed by atoms with van der Waals surface area (Å²) >= 11 is 9.17. The van der Waals surface area contributed by atoms with Crippen molar-refractivity contribution in [1.82, 2.24) is 10.9 Å². The Morgan fingerprint density at radius 2 is 2.05 bits per heavy atom. The van der Waals surface area contributed by atoms with Crippen molar-refractivity contribution < 1.29 is 18.0 Å². The normalized spacial score (nSPS) is 19.6. The highest BCUT2D eigenvalue weighted by molar-refractivity contribution is 9.10. The Balaban J connectivity index is 1.84. The van der Waals surface area contributed by atoms with Gasteiger partial charge in [-0.1, -0.05) is 27.5 Å². The van der Waals surface area contributed by atoms with Gasteiger partial charge in [-0.25, -0.2) is 8.42 Å². The number of hydrazine groups is 1. The Labute approximate surface area is 141 Å². The molecular formula is C13H14BrClN2O4S. The Kier molecular flexibility index (Phi) is 5.46. The molecule has 1 unspecified atom stereocenters. The van der Waals surface area contributed by atoms with Crippen molar-refractivity contribution in [2.75, 3.05) is 11.5 Å². The van der Waals surface area contributed by atoms with Crippen molar-refractivity contribution in [2.45, 2.75) is 12.8 Å². The van der Waals surface area contributed by atoms with Crippen molar-refractivity contribution in [3.8, 4) is 0 Å². The third kappa shape index (κ3) is 4.69. The van der Waals surface area contributed by atoms with Crippen molar-refractivity contribution >= 4 is 49.2 Å². The molecule has 1 saturated heterocycles. The summed E-state index contributed by atoms with van der Waals surface area (Å²) in [6.45, 7) is 0. The molecule has 2 amide bonds. The lowest BCUT2D eigenvalue weighted by Gasteiger charge is -2.10. The molecule has 9 heteroatoms. The minimum Gasteiger partial charge on any atom is -0.273 e. The Morgan fingerprint density at radius 1 is 1.32 bits per heavy atom. The molecule has 120 valence electrons. The van der Waals surface area contributed by atoms with Crippen molar-refractivity contribution in [3.63, 3.8) is 0 Å². The zero-order chi connectivity index (χ0) is 16.3. The van der Waals surface area contributed by atoms with Crippen LogP contribution in [0.4, 0.5) is 0 Å². The first-order chi connectivity index (χ1) is 10.3. The number of sulfone groups is 1. The molecular weight excluding hydrogens is 396 g/mol. The lowest BCUT2D eigenvalue weighted by molar-refractivity contribution is -0.122. The van der Waals surface area contributed by atoms with Crippen LogP contribution in [-0.4, -0.2) is 31.7 Å². The van der Waals surface area contributed by atoms with Gasteiger partial charge in [0.1, 0.15) is 0 Å². The van der Waals surface area contributed by atoms with Crippen LogP contribution in [0.1, 0.15) is 23.2 Å². The molecule has 1 aliphatic rings. The zero-order valence-corrected chi connectivity index (χ0v) is 14.6. The molecule has 6 nitrogen and oxygen atoms in total. The first-order valence-electron chi connectivity index (χ1n) is 6.51. The molecule has 1 heterocycles. The maximum Gasteiger partial charge on any atom is 0.271 e. The molecule has 1 aliphatic heterocycles. The predicted octanol–water partition coefficient (Wildman–Crippen LogP) is 1.69. The number of nitrogens with one attached hydrogen (secondary N) is 2. The summed E-state index contributed by atoms with van der Waals surface area (Å²) in [7, 11) is -3.01. The molecule has 0 saturated carbocycles. The van der Waals surface area contributed by atoms with Crippen LogP contribution in [0.2, 0.25) is 5.02 Å². The van der Waals surface area contributed by atoms with E-state index in [1.807, 2.05) is 0 Å². The summed E-state index contributed by atoms with van der Waals surface area (Å²) < 4.78 is 23.4. The first-order valence-corrected chi connectivity index (χ1v) is 9.51. The second-order valence-electron chi connectivity index (χ2n) is 5.10. The van der Waals surface area contributed by atoms with E-state index in [9.17, 15) is 18.0 Å². The van der Waals surface area contributed by atoms with Crippen LogP contribution in [0.15, 0.2) is 22.7 Å². The van der Waals surface area contributed by atoms with Crippen LogP contribution >= 0.6 is 27.5 Å². The highest BCUT2D eigenvalue weighted by Gasteiger charge is 2.29. The van der Waals surface area contributed by atoms with E-state index in [0.29, 0.717) is 6.42 Å². The minimum atomic E-state index is -3.01. The summed E-state index contributed by atoms with van der Waals surface area (Å²) in [5.74, 6) is -1.02. The maximum absolute atomic E-state index is 11.9. The summed E-state index contributed by atoms with van der Waals surface area (Å²) in [4.78, 5) is 23.6. The average molecular weight is 410 g/mol. The summed E-state index contributed by atoms with van der Waals surface area (Å²) in [6, 6.07) is 4.76. The number of halogens is 2. The summed E-state index contributed by atoms with van der Waals surface area (Å²) in [5.41, 5.74) is 4.77. The molecule has 1 aromatic carbocycles. The van der Waals surface area contributed by atoms with Gasteiger partial charge in [0.05, 0.1) is 22.1 Å². The zero-order valence-electron chi connectivity index (χ0n) is 11.4. The fourth-order valence-corrected chi connectivity index (χ4v) is 4.83. The molecule has 22 heavy (non-hydrogen) atoms. The summed E-state index contributed by atoms with van der Waals surface area (Å²) in [6.07, 6.45) is 0.538. The van der Waals surface area contributed by atoms with Crippen LogP contribution in [0.3, 0.4) is 0 Å². The fourth-order valence-electron chi connectivity index (χ4n) is 2.21. The van der Waals surface area contributed by atoms with E-state index in [1.165, 1.54) is 6.07 Å². The number of amides is 2. The van der Waals surface area contributed by atoms with Gasteiger partial charge in [-0.05, 0) is 30.5 Å². The molecule has 0 aliphatic carbocycles. The van der Waals surface area contributed by atoms with Gasteiger partial charge >= 0.3 is 0 Å². The van der Waals surface area contributed by atoms with Gasteiger partial charge in [-0.15, -0.1) is 0 Å². The Hall–Kier alpha value is -1.12. The lowest BCUT2D eigenvalue weighted by Crippen LogP contribution is -2.42. The molecule has 2 N–H and O–H groups in total. The molecule has 0 spiro atoms. The van der Waals surface area contributed by atoms with Gasteiger partial charge in [-0.2, -0.15) is 0 Å². The fraction of sp³-hybridized carbons (Fsp3) is 0.385. The minimum absolute atomic E-state index is 0.0207. The van der Waals surface area contributed by atoms with Crippen LogP contribution in [0, 0.1) is 5.92 Å². The first kappa shape index (κ1) is 17.2. The van der Waals surface area contributed by atoms with E-state index in [4.69, 9.17) is 11.6 Å². The van der Waals surface area contributed by atoms with Gasteiger partial charge in [0, 0.05) is 10.9 Å². The van der Waals surface area contributed by atoms with Crippen LogP contribution in [-0.2, 0) is 14.6 Å². The molecule has 2 rings (SSSR count). The van der Waals surface area contributed by atoms with Gasteiger partial charge in [-0.3, -0.25) is 20.4 Å². The van der Waals surface area contributed by atoms with Crippen molar-refractivity contribution in [1.29, 1.82) is 0 Å². The average Bonchev–Trinajstić information content (AvgIpc) is 2.75. The molecule has 1 atom stereocenters. The van der Waals surface area contributed by atoms with Crippen LogP contribution < -0.4 is 10.9 Å². The second kappa shape index (κ2) is 6.97. The molecule has 1 fully saturated rings. The largest absolute Gasteiger partial charge is 0.273 e. The van der Waals surface area contributed by atoms with Crippen molar-refractivity contribution in [3.05, 3.63) is 33.3 Å². The topological polar surface area (TPSA) is 92.3 Å². The van der Waals surface area contributed by atoms with E-state index in [0.717, 1.165) is 4.47 Å². The number of carbonyl (C=O) groups is 2. The molecule has 0 radical (unpaired) electrons. The smallest absolute Gasteiger partial charge is 0.271 e. The second-order valence-corrected chi connectivity index (χ2v) is 8.65. The third-order valence-corrected chi connectivity index (χ3v) is 5.93. The van der Waals surface area contributed by atoms with Crippen LogP contribution in [0.5, 0.6) is 0 Å². The van der Waals surface area contributed by atoms with Gasteiger partial charge in [0.25, 0.3) is 5.91 Å². The molecule has 0 bridgehead atoms. The Morgan fingerprint density at radius 3 is 2.64 bits per heavy atom. The number of hydrogen-bond donors (Lipinski definition) is 2. The summed E-state index contributed by atoms with van der Waals surface area (Å²) in [5, 5.41) is 0.253. The van der Waals surface area contributed by atoms with E-state index in [-0.39, 0.29) is 34.4 Å². The third-order valence-electron chi connectivity index (χ3n) is 3.29. The number of rotatable bonds is 3. The SMILES string of the molecule is O=C(CC1CCS(=O)(=O)C1)NNC(=O)c1ccc(Br)cc1Cl. The number of carbonyl (C=O) groups excluding carboxylic acids is 2. The van der Waals surface area contributed by atoms with E-state index < -0.39 is 21.7 Å². The van der Waals surface area contributed by atoms with E-state index in [1.54, 1.807) is 12.1 Å². The monoisotopic (exact) mass is 408 g/mol. The van der Waals surface area contributed by atoms with Gasteiger partial charge < -0.3 is 0 Å². The molecule has 0 aromatic heterocycles. The van der Waals surface area contributed by atoms with Crippen LogP contribution in [0.25, 0.3) is 0 Å². The van der Waals surface area contributed by atoms with Gasteiger partial charge in [0.2, 0.25) is 5.91 Å². The van der Waals surface area contributed by atoms with Crippen molar-refractivity contribution in [2.24, 2.45) is 5.92 Å².